The van der Waals surface area contributed by atoms with Crippen LogP contribution >= 0.6 is 11.3 Å². The van der Waals surface area contributed by atoms with Crippen LogP contribution in [0, 0.1) is 0 Å². The quantitative estimate of drug-likeness (QED) is 0.751. The van der Waals surface area contributed by atoms with Gasteiger partial charge in [-0.25, -0.2) is 0 Å². The third kappa shape index (κ3) is 3.74. The molecule has 0 aromatic carbocycles. The minimum atomic E-state index is 0.0932. The first-order chi connectivity index (χ1) is 7.15. The van der Waals surface area contributed by atoms with E-state index in [1.165, 1.54) is 11.3 Å². The molecule has 0 atom stereocenters. The van der Waals surface area contributed by atoms with Crippen molar-refractivity contribution in [3.8, 4) is 0 Å². The van der Waals surface area contributed by atoms with Gasteiger partial charge in [0.1, 0.15) is 0 Å². The monoisotopic (exact) mass is 227 g/mol. The van der Waals surface area contributed by atoms with E-state index < -0.39 is 0 Å². The Balaban J connectivity index is 2.55. The molecule has 15 heavy (non-hydrogen) atoms. The van der Waals surface area contributed by atoms with E-state index in [1.54, 1.807) is 0 Å². The summed E-state index contributed by atoms with van der Waals surface area (Å²) in [4.78, 5) is 14.5. The molecule has 0 bridgehead atoms. The summed E-state index contributed by atoms with van der Waals surface area (Å²) in [5.74, 6) is 0.132. The lowest BCUT2D eigenvalue weighted by molar-refractivity contribution is 0.0885. The second-order valence-corrected chi connectivity index (χ2v) is 4.64. The Hall–Kier alpha value is -0.710. The van der Waals surface area contributed by atoms with E-state index in [0.717, 1.165) is 4.88 Å². The summed E-state index contributed by atoms with van der Waals surface area (Å²) in [6.07, 6.45) is 0. The molecular formula is C11H17NO2S. The van der Waals surface area contributed by atoms with Crippen LogP contribution in [0.15, 0.2) is 17.5 Å². The third-order valence-corrected chi connectivity index (χ3v) is 3.17. The van der Waals surface area contributed by atoms with Gasteiger partial charge in [-0.15, -0.1) is 11.3 Å². The van der Waals surface area contributed by atoms with E-state index in [-0.39, 0.29) is 18.4 Å². The summed E-state index contributed by atoms with van der Waals surface area (Å²) in [5, 5.41) is 10.8. The first kappa shape index (κ1) is 12.4. The van der Waals surface area contributed by atoms with Crippen LogP contribution in [-0.2, 0) is 0 Å². The lowest BCUT2D eigenvalue weighted by Crippen LogP contribution is -2.37. The highest BCUT2D eigenvalue weighted by atomic mass is 32.1. The number of thiophene rings is 1. The molecule has 1 rings (SSSR count). The topological polar surface area (TPSA) is 40.5 Å². The molecule has 0 unspecified atom stereocenters. The molecule has 0 aliphatic heterocycles. The largest absolute Gasteiger partial charge is 0.395 e. The molecule has 1 aromatic heterocycles. The fourth-order valence-corrected chi connectivity index (χ4v) is 2.00. The van der Waals surface area contributed by atoms with Crippen molar-refractivity contribution in [2.75, 3.05) is 19.7 Å². The maximum absolute atomic E-state index is 11.8. The molecule has 3 nitrogen and oxygen atoms in total. The van der Waals surface area contributed by atoms with Gasteiger partial charge in [0.15, 0.2) is 5.78 Å². The number of Topliss-reactive ketones (excluding diaryl/α,β-unsaturated/α-hetero) is 1. The van der Waals surface area contributed by atoms with Gasteiger partial charge in [-0.1, -0.05) is 6.07 Å². The van der Waals surface area contributed by atoms with Crippen molar-refractivity contribution >= 4 is 17.1 Å². The average molecular weight is 227 g/mol. The Bertz CT molecular complexity index is 296. The fraction of sp³-hybridized carbons (Fsp3) is 0.545. The van der Waals surface area contributed by atoms with Crippen LogP contribution in [0.5, 0.6) is 0 Å². The standard InChI is InChI=1S/C11H17NO2S/c1-9(2)12(5-6-13)8-10(14)11-4-3-7-15-11/h3-4,7,9,13H,5-6,8H2,1-2H3. The van der Waals surface area contributed by atoms with Crippen molar-refractivity contribution in [1.29, 1.82) is 0 Å². The maximum atomic E-state index is 11.8. The molecular weight excluding hydrogens is 210 g/mol. The molecule has 0 fully saturated rings. The normalized spacial score (nSPS) is 11.3. The Kier molecular flexibility index (Phi) is 4.94. The van der Waals surface area contributed by atoms with Gasteiger partial charge >= 0.3 is 0 Å². The lowest BCUT2D eigenvalue weighted by Gasteiger charge is -2.24. The number of rotatable bonds is 6. The van der Waals surface area contributed by atoms with Crippen LogP contribution in [0.3, 0.4) is 0 Å². The zero-order valence-electron chi connectivity index (χ0n) is 9.14. The van der Waals surface area contributed by atoms with Crippen LogP contribution in [0.25, 0.3) is 0 Å². The van der Waals surface area contributed by atoms with E-state index in [9.17, 15) is 4.79 Å². The minimum Gasteiger partial charge on any atom is -0.395 e. The predicted molar refractivity (Wildman–Crippen MR) is 62.4 cm³/mol. The highest BCUT2D eigenvalue weighted by Gasteiger charge is 2.15. The average Bonchev–Trinajstić information content (AvgIpc) is 2.69. The van der Waals surface area contributed by atoms with Gasteiger partial charge in [0.2, 0.25) is 0 Å². The number of aliphatic hydroxyl groups is 1. The number of carbonyl (C=O) groups is 1. The van der Waals surface area contributed by atoms with Crippen molar-refractivity contribution < 1.29 is 9.90 Å². The van der Waals surface area contributed by atoms with Crippen LogP contribution in [0.4, 0.5) is 0 Å². The van der Waals surface area contributed by atoms with Gasteiger partial charge in [0.05, 0.1) is 18.0 Å². The lowest BCUT2D eigenvalue weighted by atomic mass is 10.2. The fourth-order valence-electron chi connectivity index (χ4n) is 1.35. The first-order valence-corrected chi connectivity index (χ1v) is 5.94. The minimum absolute atomic E-state index is 0.0932. The van der Waals surface area contributed by atoms with Gasteiger partial charge in [-0.3, -0.25) is 9.69 Å². The van der Waals surface area contributed by atoms with Crippen LogP contribution in [-0.4, -0.2) is 41.5 Å². The molecule has 1 N–H and O–H groups in total. The third-order valence-electron chi connectivity index (χ3n) is 2.26. The maximum Gasteiger partial charge on any atom is 0.186 e. The molecule has 0 aliphatic carbocycles. The van der Waals surface area contributed by atoms with E-state index >= 15 is 0 Å². The molecule has 0 spiro atoms. The zero-order chi connectivity index (χ0) is 11.3. The molecule has 0 saturated heterocycles. The molecule has 0 amide bonds. The van der Waals surface area contributed by atoms with Crippen molar-refractivity contribution in [3.05, 3.63) is 22.4 Å². The molecule has 0 saturated carbocycles. The molecule has 4 heteroatoms. The van der Waals surface area contributed by atoms with Gasteiger partial charge in [0.25, 0.3) is 0 Å². The second-order valence-electron chi connectivity index (χ2n) is 3.69. The van der Waals surface area contributed by atoms with Crippen LogP contribution < -0.4 is 0 Å². The summed E-state index contributed by atoms with van der Waals surface area (Å²) in [6.45, 7) is 5.08. The van der Waals surface area contributed by atoms with Crippen molar-refractivity contribution in [1.82, 2.24) is 4.90 Å². The molecule has 0 radical (unpaired) electrons. The van der Waals surface area contributed by atoms with E-state index in [4.69, 9.17) is 5.11 Å². The highest BCUT2D eigenvalue weighted by Crippen LogP contribution is 2.10. The van der Waals surface area contributed by atoms with Gasteiger partial charge in [0, 0.05) is 12.6 Å². The number of ketones is 1. The van der Waals surface area contributed by atoms with Gasteiger partial charge in [-0.2, -0.15) is 0 Å². The second kappa shape index (κ2) is 6.00. The number of aliphatic hydroxyl groups excluding tert-OH is 1. The Labute approximate surface area is 94.3 Å². The van der Waals surface area contributed by atoms with E-state index in [2.05, 4.69) is 0 Å². The summed E-state index contributed by atoms with van der Waals surface area (Å²) in [7, 11) is 0. The summed E-state index contributed by atoms with van der Waals surface area (Å²) >= 11 is 1.46. The SMILES string of the molecule is CC(C)N(CCO)CC(=O)c1cccs1. The summed E-state index contributed by atoms with van der Waals surface area (Å²) in [5.41, 5.74) is 0. The number of hydrogen-bond acceptors (Lipinski definition) is 4. The Morgan fingerprint density at radius 2 is 2.33 bits per heavy atom. The van der Waals surface area contributed by atoms with Crippen molar-refractivity contribution in [3.63, 3.8) is 0 Å². The summed E-state index contributed by atoms with van der Waals surface area (Å²) in [6, 6.07) is 4.00. The number of hydrogen-bond donors (Lipinski definition) is 1. The zero-order valence-corrected chi connectivity index (χ0v) is 9.96. The van der Waals surface area contributed by atoms with Crippen molar-refractivity contribution in [2.24, 2.45) is 0 Å². The number of carbonyl (C=O) groups excluding carboxylic acids is 1. The molecule has 0 aliphatic rings. The number of nitrogens with zero attached hydrogens (tertiary/aromatic N) is 1. The van der Waals surface area contributed by atoms with E-state index in [1.807, 2.05) is 36.3 Å². The Morgan fingerprint density at radius 1 is 1.60 bits per heavy atom. The Morgan fingerprint density at radius 3 is 2.80 bits per heavy atom. The highest BCUT2D eigenvalue weighted by molar-refractivity contribution is 7.12. The van der Waals surface area contributed by atoms with Gasteiger partial charge in [-0.05, 0) is 25.3 Å². The van der Waals surface area contributed by atoms with Crippen LogP contribution in [0.1, 0.15) is 23.5 Å². The molecule has 1 aromatic rings. The van der Waals surface area contributed by atoms with E-state index in [0.29, 0.717) is 13.1 Å². The van der Waals surface area contributed by atoms with Gasteiger partial charge < -0.3 is 5.11 Å². The smallest absolute Gasteiger partial charge is 0.186 e. The van der Waals surface area contributed by atoms with Crippen LogP contribution in [0.2, 0.25) is 0 Å². The molecule has 84 valence electrons. The predicted octanol–water partition coefficient (Wildman–Crippen LogP) is 1.63. The summed E-state index contributed by atoms with van der Waals surface area (Å²) < 4.78 is 0. The molecule has 1 heterocycles. The first-order valence-electron chi connectivity index (χ1n) is 5.06. The van der Waals surface area contributed by atoms with Crippen molar-refractivity contribution in [2.45, 2.75) is 19.9 Å².